The minimum atomic E-state index is -0.00431. The Hall–Kier alpha value is -0.570. The van der Waals surface area contributed by atoms with Crippen LogP contribution in [0.3, 0.4) is 0 Å². The SMILES string of the molecule is CCOC(=O)CC1(N2CCCC2)CCCC(C)C1C. The monoisotopic (exact) mass is 267 g/mol. The molecule has 2 fully saturated rings. The molecular weight excluding hydrogens is 238 g/mol. The number of carbonyl (C=O) groups is 1. The van der Waals surface area contributed by atoms with Gasteiger partial charge in [-0.25, -0.2) is 0 Å². The number of hydrogen-bond donors (Lipinski definition) is 0. The molecule has 3 nitrogen and oxygen atoms in total. The van der Waals surface area contributed by atoms with Crippen LogP contribution in [0.25, 0.3) is 0 Å². The number of likely N-dealkylation sites (tertiary alicyclic amines) is 1. The topological polar surface area (TPSA) is 29.5 Å². The van der Waals surface area contributed by atoms with E-state index in [1.807, 2.05) is 6.92 Å². The van der Waals surface area contributed by atoms with Crippen molar-refractivity contribution in [1.29, 1.82) is 0 Å². The van der Waals surface area contributed by atoms with Crippen LogP contribution in [-0.4, -0.2) is 36.1 Å². The van der Waals surface area contributed by atoms with Crippen molar-refractivity contribution in [2.45, 2.75) is 64.8 Å². The highest BCUT2D eigenvalue weighted by molar-refractivity contribution is 5.71. The lowest BCUT2D eigenvalue weighted by Gasteiger charge is -2.51. The van der Waals surface area contributed by atoms with Crippen LogP contribution >= 0.6 is 0 Å². The maximum atomic E-state index is 12.1. The normalized spacial score (nSPS) is 36.4. The number of nitrogens with zero attached hydrogens (tertiary/aromatic N) is 1. The summed E-state index contributed by atoms with van der Waals surface area (Å²) in [5, 5.41) is 0. The van der Waals surface area contributed by atoms with Gasteiger partial charge in [-0.1, -0.05) is 26.7 Å². The zero-order valence-electron chi connectivity index (χ0n) is 12.8. The molecule has 0 radical (unpaired) electrons. The summed E-state index contributed by atoms with van der Waals surface area (Å²) in [5.74, 6) is 1.29. The van der Waals surface area contributed by atoms with Crippen LogP contribution in [0.5, 0.6) is 0 Å². The van der Waals surface area contributed by atoms with Crippen molar-refractivity contribution >= 4 is 5.97 Å². The van der Waals surface area contributed by atoms with E-state index in [9.17, 15) is 4.79 Å². The van der Waals surface area contributed by atoms with E-state index in [1.54, 1.807) is 0 Å². The van der Waals surface area contributed by atoms with Crippen molar-refractivity contribution in [3.63, 3.8) is 0 Å². The van der Waals surface area contributed by atoms with Crippen LogP contribution in [0.4, 0.5) is 0 Å². The molecule has 0 spiro atoms. The number of hydrogen-bond acceptors (Lipinski definition) is 3. The van der Waals surface area contributed by atoms with E-state index in [0.717, 1.165) is 19.5 Å². The van der Waals surface area contributed by atoms with Gasteiger partial charge in [0.15, 0.2) is 0 Å². The number of rotatable bonds is 4. The third kappa shape index (κ3) is 2.96. The van der Waals surface area contributed by atoms with Crippen LogP contribution in [0.2, 0.25) is 0 Å². The molecule has 3 atom stereocenters. The summed E-state index contributed by atoms with van der Waals surface area (Å²) in [5.41, 5.74) is 0.0699. The van der Waals surface area contributed by atoms with Gasteiger partial charge in [0.05, 0.1) is 13.0 Å². The third-order valence-electron chi connectivity index (χ3n) is 5.46. The summed E-state index contributed by atoms with van der Waals surface area (Å²) in [6.07, 6.45) is 6.88. The first-order valence-electron chi connectivity index (χ1n) is 8.01. The van der Waals surface area contributed by atoms with Crippen LogP contribution in [-0.2, 0) is 9.53 Å². The third-order valence-corrected chi connectivity index (χ3v) is 5.46. The molecule has 1 heterocycles. The Bertz CT molecular complexity index is 308. The molecule has 110 valence electrons. The van der Waals surface area contributed by atoms with Gasteiger partial charge in [-0.15, -0.1) is 0 Å². The van der Waals surface area contributed by atoms with Gasteiger partial charge in [0.2, 0.25) is 0 Å². The zero-order valence-corrected chi connectivity index (χ0v) is 12.8. The summed E-state index contributed by atoms with van der Waals surface area (Å²) in [4.78, 5) is 14.7. The lowest BCUT2D eigenvalue weighted by atomic mass is 9.66. The maximum Gasteiger partial charge on any atom is 0.307 e. The lowest BCUT2D eigenvalue weighted by Crippen LogP contribution is -2.56. The highest BCUT2D eigenvalue weighted by Gasteiger charge is 2.47. The first-order chi connectivity index (χ1) is 9.10. The highest BCUT2D eigenvalue weighted by Crippen LogP contribution is 2.45. The minimum Gasteiger partial charge on any atom is -0.466 e. The van der Waals surface area contributed by atoms with Crippen LogP contribution < -0.4 is 0 Å². The van der Waals surface area contributed by atoms with Gasteiger partial charge in [0.25, 0.3) is 0 Å². The van der Waals surface area contributed by atoms with E-state index >= 15 is 0 Å². The molecule has 1 saturated heterocycles. The summed E-state index contributed by atoms with van der Waals surface area (Å²) in [7, 11) is 0. The first-order valence-corrected chi connectivity index (χ1v) is 8.01. The van der Waals surface area contributed by atoms with E-state index in [-0.39, 0.29) is 11.5 Å². The molecule has 3 unspecified atom stereocenters. The first kappa shape index (κ1) is 14.8. The molecule has 0 amide bonds. The summed E-state index contributed by atoms with van der Waals surface area (Å²) in [6, 6.07) is 0. The fourth-order valence-electron chi connectivity index (χ4n) is 4.17. The van der Waals surface area contributed by atoms with Crippen molar-refractivity contribution in [1.82, 2.24) is 4.90 Å². The fraction of sp³-hybridized carbons (Fsp3) is 0.938. The lowest BCUT2D eigenvalue weighted by molar-refractivity contribution is -0.149. The number of ether oxygens (including phenoxy) is 1. The van der Waals surface area contributed by atoms with Crippen molar-refractivity contribution < 1.29 is 9.53 Å². The van der Waals surface area contributed by atoms with Gasteiger partial charge in [0.1, 0.15) is 0 Å². The predicted octanol–water partition coefficient (Wildman–Crippen LogP) is 3.23. The van der Waals surface area contributed by atoms with Crippen LogP contribution in [0.15, 0.2) is 0 Å². The number of esters is 1. The van der Waals surface area contributed by atoms with Gasteiger partial charge < -0.3 is 4.74 Å². The molecule has 0 aromatic rings. The zero-order chi connectivity index (χ0) is 13.9. The highest BCUT2D eigenvalue weighted by atomic mass is 16.5. The minimum absolute atomic E-state index is 0.00431. The molecule has 3 heteroatoms. The summed E-state index contributed by atoms with van der Waals surface area (Å²) in [6.45, 7) is 9.42. The van der Waals surface area contributed by atoms with Crippen molar-refractivity contribution in [2.75, 3.05) is 19.7 Å². The molecule has 0 aromatic carbocycles. The standard InChI is InChI=1S/C16H29NO2/c1-4-19-15(18)12-16(17-10-5-6-11-17)9-7-8-13(2)14(16)3/h13-14H,4-12H2,1-3H3. The molecular formula is C16H29NO2. The Morgan fingerprint density at radius 3 is 2.58 bits per heavy atom. The Labute approximate surface area is 117 Å². The van der Waals surface area contributed by atoms with E-state index in [0.29, 0.717) is 24.9 Å². The van der Waals surface area contributed by atoms with Crippen molar-refractivity contribution in [3.8, 4) is 0 Å². The second kappa shape index (κ2) is 6.25. The Kier molecular flexibility index (Phi) is 4.88. The van der Waals surface area contributed by atoms with E-state index < -0.39 is 0 Å². The number of carbonyl (C=O) groups excluding carboxylic acids is 1. The second-order valence-corrected chi connectivity index (χ2v) is 6.44. The quantitative estimate of drug-likeness (QED) is 0.732. The Morgan fingerprint density at radius 1 is 1.26 bits per heavy atom. The van der Waals surface area contributed by atoms with Gasteiger partial charge >= 0.3 is 5.97 Å². The molecule has 1 aliphatic carbocycles. The van der Waals surface area contributed by atoms with Crippen molar-refractivity contribution in [3.05, 3.63) is 0 Å². The van der Waals surface area contributed by atoms with Gasteiger partial charge in [-0.2, -0.15) is 0 Å². The second-order valence-electron chi connectivity index (χ2n) is 6.44. The van der Waals surface area contributed by atoms with Gasteiger partial charge in [0, 0.05) is 5.54 Å². The Balaban J connectivity index is 2.18. The molecule has 2 rings (SSSR count). The molecule has 1 saturated carbocycles. The molecule has 19 heavy (non-hydrogen) atoms. The van der Waals surface area contributed by atoms with E-state index in [2.05, 4.69) is 18.7 Å². The molecule has 0 aromatic heterocycles. The fourth-order valence-corrected chi connectivity index (χ4v) is 4.17. The molecule has 0 N–H and O–H groups in total. The average Bonchev–Trinajstić information content (AvgIpc) is 2.89. The van der Waals surface area contributed by atoms with Crippen molar-refractivity contribution in [2.24, 2.45) is 11.8 Å². The molecule has 0 bridgehead atoms. The summed E-state index contributed by atoms with van der Waals surface area (Å²) >= 11 is 0. The van der Waals surface area contributed by atoms with Gasteiger partial charge in [-0.05, 0) is 51.1 Å². The van der Waals surface area contributed by atoms with E-state index in [4.69, 9.17) is 4.74 Å². The Morgan fingerprint density at radius 2 is 1.95 bits per heavy atom. The average molecular weight is 267 g/mol. The van der Waals surface area contributed by atoms with E-state index in [1.165, 1.54) is 25.7 Å². The molecule has 2 aliphatic rings. The smallest absolute Gasteiger partial charge is 0.307 e. The summed E-state index contributed by atoms with van der Waals surface area (Å²) < 4.78 is 5.25. The van der Waals surface area contributed by atoms with Gasteiger partial charge in [-0.3, -0.25) is 9.69 Å². The van der Waals surface area contributed by atoms with Crippen LogP contribution in [0.1, 0.15) is 59.3 Å². The maximum absolute atomic E-state index is 12.1. The molecule has 1 aliphatic heterocycles. The van der Waals surface area contributed by atoms with Crippen LogP contribution in [0, 0.1) is 11.8 Å². The largest absolute Gasteiger partial charge is 0.466 e. The predicted molar refractivity (Wildman–Crippen MR) is 77.0 cm³/mol.